The van der Waals surface area contributed by atoms with Gasteiger partial charge in [-0.15, -0.1) is 0 Å². The maximum absolute atomic E-state index is 14.0. The van der Waals surface area contributed by atoms with Gasteiger partial charge in [0.25, 0.3) is 7.16 Å². The molecule has 4 aliphatic rings. The van der Waals surface area contributed by atoms with Crippen LogP contribution in [0.15, 0.2) is 141 Å². The smallest absolute Gasteiger partial charge is 0.387 e. The zero-order valence-electron chi connectivity index (χ0n) is 29.9. The van der Waals surface area contributed by atoms with Crippen molar-refractivity contribution in [2.45, 2.75) is 38.9 Å². The molecule has 6 nitrogen and oxygen atoms in total. The van der Waals surface area contributed by atoms with Crippen molar-refractivity contribution >= 4 is 34.7 Å². The van der Waals surface area contributed by atoms with Crippen molar-refractivity contribution in [2.24, 2.45) is 0 Å². The van der Waals surface area contributed by atoms with Crippen LogP contribution in [0.1, 0.15) is 33.4 Å². The molecule has 266 valence electrons. The minimum absolute atomic E-state index is 0.152. The van der Waals surface area contributed by atoms with Gasteiger partial charge in [-0.2, -0.15) is 0 Å². The molecule has 8 rings (SSSR count). The molecule has 0 bridgehead atoms. The van der Waals surface area contributed by atoms with Crippen molar-refractivity contribution in [1.82, 2.24) is 0 Å². The molecule has 4 aromatic rings. The summed E-state index contributed by atoms with van der Waals surface area (Å²) >= 11 is -2.28. The highest BCUT2D eigenvalue weighted by Crippen LogP contribution is 2.42. The van der Waals surface area contributed by atoms with Gasteiger partial charge >= 0.3 is 54.3 Å². The summed E-state index contributed by atoms with van der Waals surface area (Å²) in [6.07, 6.45) is 12.7. The van der Waals surface area contributed by atoms with Gasteiger partial charge in [-0.1, -0.05) is 72.8 Å². The lowest BCUT2D eigenvalue weighted by Gasteiger charge is -2.25. The van der Waals surface area contributed by atoms with Gasteiger partial charge in [-0.05, 0) is 122 Å². The van der Waals surface area contributed by atoms with Gasteiger partial charge in [0.1, 0.15) is 0 Å². The molecule has 0 unspecified atom stereocenters. The van der Waals surface area contributed by atoms with Crippen molar-refractivity contribution in [2.75, 3.05) is 0 Å². The van der Waals surface area contributed by atoms with E-state index in [9.17, 15) is 19.2 Å². The summed E-state index contributed by atoms with van der Waals surface area (Å²) in [7, 11) is 0. The fraction of sp³-hybridized carbons (Fsp3) is 0.130. The lowest BCUT2D eigenvalue weighted by molar-refractivity contribution is -0.571. The van der Waals surface area contributed by atoms with E-state index in [1.165, 1.54) is 24.3 Å². The van der Waals surface area contributed by atoms with Crippen LogP contribution < -0.4 is 42.4 Å². The number of rotatable bonds is 7. The number of hydrogen-bond donors (Lipinski definition) is 0. The molecule has 8 heteroatoms. The van der Waals surface area contributed by atoms with Gasteiger partial charge in [0, 0.05) is 11.1 Å². The van der Waals surface area contributed by atoms with E-state index in [1.54, 1.807) is 24.3 Å². The van der Waals surface area contributed by atoms with Crippen LogP contribution >= 0.6 is 0 Å². The Hall–Kier alpha value is -4.94. The van der Waals surface area contributed by atoms with E-state index in [2.05, 4.69) is 52.0 Å². The lowest BCUT2D eigenvalue weighted by atomic mass is 9.86. The predicted molar refractivity (Wildman–Crippen MR) is 199 cm³/mol. The second-order valence-electron chi connectivity index (χ2n) is 13.7. The quantitative estimate of drug-likeness (QED) is 0.208. The van der Waals surface area contributed by atoms with Crippen LogP contribution in [-0.2, 0) is 28.7 Å². The zero-order chi connectivity index (χ0) is 37.8. The predicted octanol–water partition coefficient (Wildman–Crippen LogP) is 1.91. The first-order chi connectivity index (χ1) is 26.0. The van der Waals surface area contributed by atoms with Gasteiger partial charge < -0.3 is 9.47 Å². The second-order valence-corrected chi connectivity index (χ2v) is 19.2. The van der Waals surface area contributed by atoms with Gasteiger partial charge in [0.15, 0.2) is 22.8 Å². The standard InChI is InChI=1S/C46H34I2O6/c1-27-23-29(3)37(35(25-27)47-41-39(31-11-7-5-8-12-31)45(53-43(41)51)19-15-33(49)16-20-45)38-30(4)24-28(2)26-36(38)48-42-40(32-13-9-6-10-14-32)46(54-44(42)52)21-17-34(50)18-22-46/h5-26H,1-4H3/q+2. The van der Waals surface area contributed by atoms with Crippen LogP contribution in [0.3, 0.4) is 0 Å². The van der Waals surface area contributed by atoms with E-state index in [0.29, 0.717) is 7.16 Å². The van der Waals surface area contributed by atoms with Gasteiger partial charge in [-0.3, -0.25) is 9.59 Å². The van der Waals surface area contributed by atoms with Crippen molar-refractivity contribution in [3.05, 3.63) is 181 Å². The first-order valence-corrected chi connectivity index (χ1v) is 21.7. The van der Waals surface area contributed by atoms with Crippen LogP contribution in [0.4, 0.5) is 0 Å². The Kier molecular flexibility index (Phi) is 9.38. The third kappa shape index (κ3) is 6.38. The molecule has 2 aliphatic carbocycles. The number of aryl methyl sites for hydroxylation is 4. The minimum Gasteiger partial charge on any atom is -0.439 e. The molecule has 0 saturated heterocycles. The molecule has 4 aromatic carbocycles. The summed E-state index contributed by atoms with van der Waals surface area (Å²) in [5, 5.41) is 0. The SMILES string of the molecule is Cc1cc(C)c(-c2c(C)cc(C)cc2[I+]C2=C(c3ccccc3)C3(C=CC(=O)C=C3)OC2=O)c([I+]C2=C(c3ccccc3)C3(C=CC(=O)C=C3)OC2=O)c1. The van der Waals surface area contributed by atoms with Gasteiger partial charge in [-0.25, -0.2) is 9.59 Å². The summed E-state index contributed by atoms with van der Waals surface area (Å²) in [5.74, 6) is -1.07. The van der Waals surface area contributed by atoms with Crippen molar-refractivity contribution < 1.29 is 71.1 Å². The molecule has 2 spiro atoms. The third-order valence-corrected chi connectivity index (χ3v) is 15.6. The molecule has 54 heavy (non-hydrogen) atoms. The number of carbonyl (C=O) groups is 4. The van der Waals surface area contributed by atoms with Crippen molar-refractivity contribution in [3.63, 3.8) is 0 Å². The van der Waals surface area contributed by atoms with Crippen molar-refractivity contribution in [3.8, 4) is 11.1 Å². The van der Waals surface area contributed by atoms with E-state index in [1.807, 2.05) is 60.7 Å². The number of allylic oxidation sites excluding steroid dienone is 4. The summed E-state index contributed by atoms with van der Waals surface area (Å²) < 4.78 is 15.8. The molecular weight excluding hydrogens is 902 g/mol. The highest BCUT2D eigenvalue weighted by molar-refractivity contribution is 6.09. The molecule has 0 amide bonds. The van der Waals surface area contributed by atoms with Gasteiger partial charge in [0.05, 0.1) is 11.1 Å². The van der Waals surface area contributed by atoms with Crippen LogP contribution in [0, 0.1) is 34.8 Å². The third-order valence-electron chi connectivity index (χ3n) is 9.71. The normalized spacial score (nSPS) is 18.1. The lowest BCUT2D eigenvalue weighted by Crippen LogP contribution is -3.62. The van der Waals surface area contributed by atoms with E-state index in [4.69, 9.17) is 9.47 Å². The molecule has 0 fully saturated rings. The molecule has 0 saturated carbocycles. The van der Waals surface area contributed by atoms with E-state index >= 15 is 0 Å². The molecule has 0 aromatic heterocycles. The van der Waals surface area contributed by atoms with E-state index in [-0.39, 0.29) is 23.5 Å². The molecule has 0 radical (unpaired) electrons. The Morgan fingerprint density at radius 1 is 0.481 bits per heavy atom. The summed E-state index contributed by atoms with van der Waals surface area (Å²) in [6.45, 7) is 8.36. The molecule has 2 aliphatic heterocycles. The monoisotopic (exact) mass is 936 g/mol. The maximum Gasteiger partial charge on any atom is 0.387 e. The number of ether oxygens (including phenoxy) is 2. The number of halogens is 2. The van der Waals surface area contributed by atoms with Crippen LogP contribution in [-0.4, -0.2) is 34.7 Å². The number of benzene rings is 4. The minimum atomic E-state index is -1.16. The summed E-state index contributed by atoms with van der Waals surface area (Å²) in [4.78, 5) is 52.5. The maximum atomic E-state index is 14.0. The molecule has 0 atom stereocenters. The Morgan fingerprint density at radius 3 is 1.19 bits per heavy atom. The Morgan fingerprint density at radius 2 is 0.833 bits per heavy atom. The van der Waals surface area contributed by atoms with Crippen molar-refractivity contribution in [1.29, 1.82) is 0 Å². The Labute approximate surface area is 334 Å². The highest BCUT2D eigenvalue weighted by atomic mass is 127. The molecule has 2 heterocycles. The molecular formula is C46H34I2O6+2. The second kappa shape index (κ2) is 14.0. The van der Waals surface area contributed by atoms with E-state index in [0.717, 1.165) is 62.8 Å². The Balaban J connectivity index is 1.32. The molecule has 0 N–H and O–H groups in total. The highest BCUT2D eigenvalue weighted by Gasteiger charge is 2.54. The average Bonchev–Trinajstić information content (AvgIpc) is 3.56. The number of esters is 2. The largest absolute Gasteiger partial charge is 0.439 e. The number of carbonyl (C=O) groups excluding carboxylic acids is 4. The van der Waals surface area contributed by atoms with E-state index < -0.39 is 53.6 Å². The first kappa shape index (κ1) is 36.1. The van der Waals surface area contributed by atoms with Crippen LogP contribution in [0.25, 0.3) is 22.3 Å². The summed E-state index contributed by atoms with van der Waals surface area (Å²) in [6, 6.07) is 28.3. The number of hydrogen-bond acceptors (Lipinski definition) is 6. The summed E-state index contributed by atoms with van der Waals surface area (Å²) in [5.41, 5.74) is 7.38. The Bertz CT molecular complexity index is 2290. The fourth-order valence-corrected chi connectivity index (χ4v) is 14.5. The zero-order valence-corrected chi connectivity index (χ0v) is 34.2. The van der Waals surface area contributed by atoms with Gasteiger partial charge in [0.2, 0.25) is 7.14 Å². The topological polar surface area (TPSA) is 86.7 Å². The first-order valence-electron chi connectivity index (χ1n) is 17.4. The van der Waals surface area contributed by atoms with Crippen LogP contribution in [0.2, 0.25) is 0 Å². The fourth-order valence-electron chi connectivity index (χ4n) is 7.46. The number of ketones is 2. The van der Waals surface area contributed by atoms with Crippen LogP contribution in [0.5, 0.6) is 0 Å². The average molecular weight is 937 g/mol.